The molecule has 29 heavy (non-hydrogen) atoms. The van der Waals surface area contributed by atoms with Crippen LogP contribution in [0, 0.1) is 6.92 Å². The average molecular weight is 419 g/mol. The van der Waals surface area contributed by atoms with Crippen LogP contribution in [0.2, 0.25) is 5.02 Å². The van der Waals surface area contributed by atoms with Gasteiger partial charge in [-0.3, -0.25) is 9.59 Å². The first-order chi connectivity index (χ1) is 13.7. The lowest BCUT2D eigenvalue weighted by Crippen LogP contribution is -2.42. The number of halogens is 1. The Morgan fingerprint density at radius 1 is 1.07 bits per heavy atom. The van der Waals surface area contributed by atoms with E-state index in [2.05, 4.69) is 10.6 Å². The Morgan fingerprint density at radius 2 is 1.79 bits per heavy atom. The highest BCUT2D eigenvalue weighted by molar-refractivity contribution is 6.32. The van der Waals surface area contributed by atoms with Gasteiger partial charge in [0.1, 0.15) is 11.8 Å². The third-order valence-corrected chi connectivity index (χ3v) is 4.36. The molecule has 154 valence electrons. The van der Waals surface area contributed by atoms with Crippen molar-refractivity contribution in [2.24, 2.45) is 0 Å². The summed E-state index contributed by atoms with van der Waals surface area (Å²) in [5, 5.41) is 5.50. The molecule has 0 aliphatic carbocycles. The van der Waals surface area contributed by atoms with E-state index in [9.17, 15) is 14.4 Å². The number of amides is 2. The Morgan fingerprint density at radius 3 is 2.41 bits per heavy atom. The Balaban J connectivity index is 1.90. The quantitative estimate of drug-likeness (QED) is 0.672. The Bertz CT molecular complexity index is 916. The van der Waals surface area contributed by atoms with Crippen molar-refractivity contribution in [2.45, 2.75) is 32.9 Å². The van der Waals surface area contributed by atoms with Crippen LogP contribution in [0.15, 0.2) is 42.5 Å². The molecule has 2 rings (SSSR count). The molecule has 0 saturated carbocycles. The molecule has 0 bridgehead atoms. The SMILES string of the molecule is COc1ccc(NC(=O)[C@H](C)OC(=O)[C@H](C)NC(=O)c2cccc(C)c2)cc1Cl. The predicted molar refractivity (Wildman–Crippen MR) is 110 cm³/mol. The molecular formula is C21H23ClN2O5. The van der Waals surface area contributed by atoms with Crippen LogP contribution in [0.4, 0.5) is 5.69 Å². The highest BCUT2D eigenvalue weighted by Gasteiger charge is 2.23. The van der Waals surface area contributed by atoms with Gasteiger partial charge < -0.3 is 20.1 Å². The predicted octanol–water partition coefficient (Wildman–Crippen LogP) is 3.35. The van der Waals surface area contributed by atoms with Gasteiger partial charge in [-0.25, -0.2) is 4.79 Å². The van der Waals surface area contributed by atoms with Gasteiger partial charge in [-0.15, -0.1) is 0 Å². The first kappa shape index (κ1) is 22.2. The molecule has 0 fully saturated rings. The zero-order valence-electron chi connectivity index (χ0n) is 16.6. The lowest BCUT2D eigenvalue weighted by atomic mass is 10.1. The standard InChI is InChI=1S/C21H23ClN2O5/c1-12-6-5-7-15(10-12)20(26)23-13(2)21(27)29-14(3)19(25)24-16-8-9-18(28-4)17(22)11-16/h5-11,13-14H,1-4H3,(H,23,26)(H,24,25)/t13-,14-/m0/s1. The van der Waals surface area contributed by atoms with Crippen molar-refractivity contribution in [1.29, 1.82) is 0 Å². The molecule has 0 spiro atoms. The lowest BCUT2D eigenvalue weighted by Gasteiger charge is -2.18. The normalized spacial score (nSPS) is 12.4. The van der Waals surface area contributed by atoms with Crippen molar-refractivity contribution >= 4 is 35.1 Å². The fourth-order valence-corrected chi connectivity index (χ4v) is 2.70. The van der Waals surface area contributed by atoms with Gasteiger partial charge in [0.25, 0.3) is 11.8 Å². The molecule has 0 saturated heterocycles. The largest absolute Gasteiger partial charge is 0.495 e. The van der Waals surface area contributed by atoms with Crippen LogP contribution in [0.1, 0.15) is 29.8 Å². The first-order valence-electron chi connectivity index (χ1n) is 8.93. The van der Waals surface area contributed by atoms with Crippen molar-refractivity contribution in [2.75, 3.05) is 12.4 Å². The van der Waals surface area contributed by atoms with Crippen molar-refractivity contribution in [1.82, 2.24) is 5.32 Å². The summed E-state index contributed by atoms with van der Waals surface area (Å²) in [7, 11) is 1.49. The van der Waals surface area contributed by atoms with E-state index in [4.69, 9.17) is 21.1 Å². The fourth-order valence-electron chi connectivity index (χ4n) is 2.44. The lowest BCUT2D eigenvalue weighted by molar-refractivity contribution is -0.154. The molecule has 2 aromatic carbocycles. The van der Waals surface area contributed by atoms with Gasteiger partial charge in [-0.2, -0.15) is 0 Å². The highest BCUT2D eigenvalue weighted by atomic mass is 35.5. The summed E-state index contributed by atoms with van der Waals surface area (Å²) in [6.45, 7) is 4.79. The van der Waals surface area contributed by atoms with E-state index >= 15 is 0 Å². The number of nitrogens with one attached hydrogen (secondary N) is 2. The van der Waals surface area contributed by atoms with E-state index < -0.39 is 29.9 Å². The number of hydrogen-bond acceptors (Lipinski definition) is 5. The second-order valence-corrected chi connectivity index (χ2v) is 6.89. The minimum Gasteiger partial charge on any atom is -0.495 e. The number of carbonyl (C=O) groups excluding carboxylic acids is 3. The third kappa shape index (κ3) is 6.22. The highest BCUT2D eigenvalue weighted by Crippen LogP contribution is 2.27. The summed E-state index contributed by atoms with van der Waals surface area (Å²) in [5.41, 5.74) is 1.80. The third-order valence-electron chi connectivity index (χ3n) is 4.06. The van der Waals surface area contributed by atoms with Gasteiger partial charge in [0, 0.05) is 11.3 Å². The van der Waals surface area contributed by atoms with E-state index in [1.165, 1.54) is 27.0 Å². The second-order valence-electron chi connectivity index (χ2n) is 6.48. The number of rotatable bonds is 7. The van der Waals surface area contributed by atoms with Crippen LogP contribution < -0.4 is 15.4 Å². The van der Waals surface area contributed by atoms with Crippen LogP contribution >= 0.6 is 11.6 Å². The van der Waals surface area contributed by atoms with Gasteiger partial charge in [0.2, 0.25) is 0 Å². The fraction of sp³-hybridized carbons (Fsp3) is 0.286. The molecule has 0 aromatic heterocycles. The molecule has 0 radical (unpaired) electrons. The summed E-state index contributed by atoms with van der Waals surface area (Å²) in [5.74, 6) is -1.18. The molecular weight excluding hydrogens is 396 g/mol. The van der Waals surface area contributed by atoms with E-state index in [-0.39, 0.29) is 0 Å². The molecule has 0 heterocycles. The van der Waals surface area contributed by atoms with E-state index in [1.807, 2.05) is 13.0 Å². The summed E-state index contributed by atoms with van der Waals surface area (Å²) < 4.78 is 10.2. The molecule has 8 heteroatoms. The van der Waals surface area contributed by atoms with E-state index in [0.29, 0.717) is 22.0 Å². The maximum atomic E-state index is 12.3. The topological polar surface area (TPSA) is 93.7 Å². The number of benzene rings is 2. The zero-order valence-corrected chi connectivity index (χ0v) is 17.4. The molecule has 0 aliphatic rings. The number of carbonyl (C=O) groups is 3. The van der Waals surface area contributed by atoms with Gasteiger partial charge in [0.05, 0.1) is 12.1 Å². The maximum absolute atomic E-state index is 12.3. The van der Waals surface area contributed by atoms with Crippen molar-refractivity contribution < 1.29 is 23.9 Å². The van der Waals surface area contributed by atoms with Gasteiger partial charge in [0.15, 0.2) is 6.10 Å². The van der Waals surface area contributed by atoms with Crippen LogP contribution in [0.5, 0.6) is 5.75 Å². The zero-order chi connectivity index (χ0) is 21.6. The molecule has 2 N–H and O–H groups in total. The second kappa shape index (κ2) is 9.93. The van der Waals surface area contributed by atoms with Crippen molar-refractivity contribution in [3.63, 3.8) is 0 Å². The minimum absolute atomic E-state index is 0.336. The average Bonchev–Trinajstić information content (AvgIpc) is 2.67. The van der Waals surface area contributed by atoms with Crippen LogP contribution in [0.25, 0.3) is 0 Å². The molecule has 0 unspecified atom stereocenters. The van der Waals surface area contributed by atoms with Gasteiger partial charge in [-0.1, -0.05) is 29.3 Å². The molecule has 2 atom stereocenters. The minimum atomic E-state index is -1.07. The van der Waals surface area contributed by atoms with Crippen molar-refractivity contribution in [3.05, 3.63) is 58.6 Å². The van der Waals surface area contributed by atoms with Gasteiger partial charge >= 0.3 is 5.97 Å². The maximum Gasteiger partial charge on any atom is 0.329 e. The first-order valence-corrected chi connectivity index (χ1v) is 9.31. The van der Waals surface area contributed by atoms with Crippen molar-refractivity contribution in [3.8, 4) is 5.75 Å². The number of methoxy groups -OCH3 is 1. The Kier molecular flexibility index (Phi) is 7.61. The van der Waals surface area contributed by atoms with Gasteiger partial charge in [-0.05, 0) is 51.1 Å². The summed E-state index contributed by atoms with van der Waals surface area (Å²) in [6.07, 6.45) is -1.07. The smallest absolute Gasteiger partial charge is 0.329 e. The van der Waals surface area contributed by atoms with Crippen LogP contribution in [-0.4, -0.2) is 37.0 Å². The summed E-state index contributed by atoms with van der Waals surface area (Å²) in [4.78, 5) is 36.7. The molecule has 2 amide bonds. The number of aryl methyl sites for hydroxylation is 1. The molecule has 7 nitrogen and oxygen atoms in total. The van der Waals surface area contributed by atoms with E-state index in [1.54, 1.807) is 30.3 Å². The Labute approximate surface area is 174 Å². The Hall–Kier alpha value is -3.06. The summed E-state index contributed by atoms with van der Waals surface area (Å²) in [6, 6.07) is 10.8. The number of ether oxygens (including phenoxy) is 2. The van der Waals surface area contributed by atoms with Crippen LogP contribution in [-0.2, 0) is 14.3 Å². The van der Waals surface area contributed by atoms with E-state index in [0.717, 1.165) is 5.56 Å². The number of anilines is 1. The molecule has 2 aromatic rings. The summed E-state index contributed by atoms with van der Waals surface area (Å²) >= 11 is 6.03. The number of esters is 1. The monoisotopic (exact) mass is 418 g/mol. The number of hydrogen-bond donors (Lipinski definition) is 2. The molecule has 0 aliphatic heterocycles. The van der Waals surface area contributed by atoms with Crippen LogP contribution in [0.3, 0.4) is 0 Å².